The molecule has 1 aliphatic rings. The summed E-state index contributed by atoms with van der Waals surface area (Å²) in [5.74, 6) is 0. The van der Waals surface area contributed by atoms with Gasteiger partial charge in [0.2, 0.25) is 0 Å². The van der Waals surface area contributed by atoms with Crippen molar-refractivity contribution in [1.82, 2.24) is 5.32 Å². The van der Waals surface area contributed by atoms with E-state index in [-0.39, 0.29) is 18.1 Å². The lowest BCUT2D eigenvalue weighted by Crippen LogP contribution is -2.35. The average Bonchev–Trinajstić information content (AvgIpc) is 3.25. The van der Waals surface area contributed by atoms with Gasteiger partial charge in [-0.3, -0.25) is 0 Å². The van der Waals surface area contributed by atoms with Crippen molar-refractivity contribution in [3.8, 4) is 0 Å². The van der Waals surface area contributed by atoms with Crippen LogP contribution in [0.4, 0.5) is 10.5 Å². The minimum absolute atomic E-state index is 0.0542. The van der Waals surface area contributed by atoms with Gasteiger partial charge in [-0.1, -0.05) is 25.5 Å². The number of aliphatic hydroxyl groups is 1. The topological polar surface area (TPSA) is 61.4 Å². The van der Waals surface area contributed by atoms with E-state index in [9.17, 15) is 9.90 Å². The van der Waals surface area contributed by atoms with Crippen LogP contribution >= 0.6 is 0 Å². The molecule has 1 aromatic rings. The predicted octanol–water partition coefficient (Wildman–Crippen LogP) is 2.92. The SMILES string of the molecule is CCCCc1ccc(NC(=O)NCC2(CO)CC2)cc1. The van der Waals surface area contributed by atoms with Crippen molar-refractivity contribution in [2.75, 3.05) is 18.5 Å². The number of carbonyl (C=O) groups excluding carboxylic acids is 1. The molecule has 0 spiro atoms. The number of anilines is 1. The van der Waals surface area contributed by atoms with Crippen molar-refractivity contribution in [1.29, 1.82) is 0 Å². The Morgan fingerprint density at radius 1 is 1.30 bits per heavy atom. The van der Waals surface area contributed by atoms with Gasteiger partial charge in [0.15, 0.2) is 0 Å². The zero-order chi connectivity index (χ0) is 14.4. The minimum Gasteiger partial charge on any atom is -0.396 e. The number of unbranched alkanes of at least 4 members (excludes halogenated alkanes) is 1. The first-order chi connectivity index (χ1) is 9.67. The van der Waals surface area contributed by atoms with Crippen LogP contribution in [0.5, 0.6) is 0 Å². The molecular formula is C16H24N2O2. The van der Waals surface area contributed by atoms with Crippen molar-refractivity contribution in [2.24, 2.45) is 5.41 Å². The van der Waals surface area contributed by atoms with Crippen LogP contribution in [0.2, 0.25) is 0 Å². The van der Waals surface area contributed by atoms with E-state index in [1.807, 2.05) is 12.1 Å². The lowest BCUT2D eigenvalue weighted by molar-refractivity contribution is 0.206. The van der Waals surface area contributed by atoms with Crippen molar-refractivity contribution in [3.05, 3.63) is 29.8 Å². The maximum atomic E-state index is 11.8. The second-order valence-corrected chi connectivity index (χ2v) is 5.77. The maximum absolute atomic E-state index is 11.8. The number of nitrogens with one attached hydrogen (secondary N) is 2. The Hall–Kier alpha value is -1.55. The van der Waals surface area contributed by atoms with E-state index >= 15 is 0 Å². The van der Waals surface area contributed by atoms with Gasteiger partial charge < -0.3 is 15.7 Å². The fraction of sp³-hybridized carbons (Fsp3) is 0.562. The molecule has 0 aromatic heterocycles. The maximum Gasteiger partial charge on any atom is 0.319 e. The van der Waals surface area contributed by atoms with Crippen molar-refractivity contribution in [3.63, 3.8) is 0 Å². The van der Waals surface area contributed by atoms with E-state index in [4.69, 9.17) is 0 Å². The second-order valence-electron chi connectivity index (χ2n) is 5.77. The Morgan fingerprint density at radius 3 is 2.55 bits per heavy atom. The number of urea groups is 1. The molecule has 0 heterocycles. The van der Waals surface area contributed by atoms with E-state index in [1.54, 1.807) is 0 Å². The van der Waals surface area contributed by atoms with Gasteiger partial charge >= 0.3 is 6.03 Å². The summed E-state index contributed by atoms with van der Waals surface area (Å²) < 4.78 is 0. The summed E-state index contributed by atoms with van der Waals surface area (Å²) in [5.41, 5.74) is 2.05. The Balaban J connectivity index is 1.76. The summed E-state index contributed by atoms with van der Waals surface area (Å²) in [6.45, 7) is 2.88. The quantitative estimate of drug-likeness (QED) is 0.717. The molecule has 3 N–H and O–H groups in total. The second kappa shape index (κ2) is 6.75. The lowest BCUT2D eigenvalue weighted by Gasteiger charge is -2.13. The highest BCUT2D eigenvalue weighted by atomic mass is 16.3. The largest absolute Gasteiger partial charge is 0.396 e. The number of amides is 2. The van der Waals surface area contributed by atoms with Crippen molar-refractivity contribution < 1.29 is 9.90 Å². The minimum atomic E-state index is -0.203. The Morgan fingerprint density at radius 2 is 2.00 bits per heavy atom. The molecule has 1 aromatic carbocycles. The first-order valence-corrected chi connectivity index (χ1v) is 7.42. The van der Waals surface area contributed by atoms with Crippen LogP contribution in [0, 0.1) is 5.41 Å². The molecule has 4 nitrogen and oxygen atoms in total. The van der Waals surface area contributed by atoms with E-state index in [2.05, 4.69) is 29.7 Å². The van der Waals surface area contributed by atoms with Gasteiger partial charge in [-0.15, -0.1) is 0 Å². The summed E-state index contributed by atoms with van der Waals surface area (Å²) in [6, 6.07) is 7.78. The molecule has 1 fully saturated rings. The highest BCUT2D eigenvalue weighted by Crippen LogP contribution is 2.44. The molecule has 0 unspecified atom stereocenters. The predicted molar refractivity (Wildman–Crippen MR) is 80.8 cm³/mol. The van der Waals surface area contributed by atoms with Gasteiger partial charge in [0.25, 0.3) is 0 Å². The molecule has 0 saturated heterocycles. The van der Waals surface area contributed by atoms with E-state index in [1.165, 1.54) is 18.4 Å². The smallest absolute Gasteiger partial charge is 0.319 e. The van der Waals surface area contributed by atoms with Gasteiger partial charge in [-0.25, -0.2) is 4.79 Å². The van der Waals surface area contributed by atoms with Crippen LogP contribution < -0.4 is 10.6 Å². The zero-order valence-corrected chi connectivity index (χ0v) is 12.1. The normalized spacial score (nSPS) is 15.7. The van der Waals surface area contributed by atoms with Gasteiger partial charge in [-0.2, -0.15) is 0 Å². The molecular weight excluding hydrogens is 252 g/mol. The molecule has 0 bridgehead atoms. The summed E-state index contributed by atoms with van der Waals surface area (Å²) >= 11 is 0. The lowest BCUT2D eigenvalue weighted by atomic mass is 10.1. The summed E-state index contributed by atoms with van der Waals surface area (Å²) in [7, 11) is 0. The van der Waals surface area contributed by atoms with Gasteiger partial charge in [-0.05, 0) is 43.4 Å². The summed E-state index contributed by atoms with van der Waals surface area (Å²) in [4.78, 5) is 11.8. The number of rotatable bonds is 7. The first-order valence-electron chi connectivity index (χ1n) is 7.42. The van der Waals surface area contributed by atoms with E-state index in [0.29, 0.717) is 6.54 Å². The fourth-order valence-corrected chi connectivity index (χ4v) is 2.15. The van der Waals surface area contributed by atoms with E-state index in [0.717, 1.165) is 24.9 Å². The number of aliphatic hydroxyl groups excluding tert-OH is 1. The third kappa shape index (κ3) is 4.23. The van der Waals surface area contributed by atoms with Crippen molar-refractivity contribution >= 4 is 11.7 Å². The Labute approximate surface area is 120 Å². The van der Waals surface area contributed by atoms with Crippen LogP contribution in [0.15, 0.2) is 24.3 Å². The summed E-state index contributed by atoms with van der Waals surface area (Å²) in [5, 5.41) is 14.8. The van der Waals surface area contributed by atoms with Gasteiger partial charge in [0.1, 0.15) is 0 Å². The monoisotopic (exact) mass is 276 g/mol. The molecule has 1 aliphatic carbocycles. The number of hydrogen-bond donors (Lipinski definition) is 3. The molecule has 2 amide bonds. The van der Waals surface area contributed by atoms with Crippen LogP contribution in [-0.2, 0) is 6.42 Å². The molecule has 0 radical (unpaired) electrons. The standard InChI is InChI=1S/C16H24N2O2/c1-2-3-4-13-5-7-14(8-6-13)18-15(20)17-11-16(12-19)9-10-16/h5-8,19H,2-4,9-12H2,1H3,(H2,17,18,20). The van der Waals surface area contributed by atoms with Crippen molar-refractivity contribution in [2.45, 2.75) is 39.0 Å². The van der Waals surface area contributed by atoms with Gasteiger partial charge in [0.05, 0.1) is 6.61 Å². The number of hydrogen-bond acceptors (Lipinski definition) is 2. The average molecular weight is 276 g/mol. The zero-order valence-electron chi connectivity index (χ0n) is 12.1. The molecule has 110 valence electrons. The molecule has 2 rings (SSSR count). The summed E-state index contributed by atoms with van der Waals surface area (Å²) in [6.07, 6.45) is 5.46. The Bertz CT molecular complexity index is 438. The molecule has 1 saturated carbocycles. The molecule has 0 aliphatic heterocycles. The Kier molecular flexibility index (Phi) is 5.01. The molecule has 20 heavy (non-hydrogen) atoms. The third-order valence-electron chi connectivity index (χ3n) is 3.95. The third-order valence-corrected chi connectivity index (χ3v) is 3.95. The van der Waals surface area contributed by atoms with Crippen LogP contribution in [0.3, 0.4) is 0 Å². The number of aryl methyl sites for hydroxylation is 1. The van der Waals surface area contributed by atoms with E-state index < -0.39 is 0 Å². The number of carbonyl (C=O) groups is 1. The molecule has 4 heteroatoms. The van der Waals surface area contributed by atoms with Gasteiger partial charge in [0, 0.05) is 17.6 Å². The fourth-order valence-electron chi connectivity index (χ4n) is 2.15. The van der Waals surface area contributed by atoms with Crippen LogP contribution in [-0.4, -0.2) is 24.3 Å². The molecule has 0 atom stereocenters. The first kappa shape index (κ1) is 14.9. The highest BCUT2D eigenvalue weighted by molar-refractivity contribution is 5.89. The highest BCUT2D eigenvalue weighted by Gasteiger charge is 2.42. The number of benzene rings is 1. The van der Waals surface area contributed by atoms with Crippen LogP contribution in [0.1, 0.15) is 38.2 Å². The van der Waals surface area contributed by atoms with Crippen LogP contribution in [0.25, 0.3) is 0 Å².